The van der Waals surface area contributed by atoms with E-state index in [0.29, 0.717) is 19.3 Å². The van der Waals surface area contributed by atoms with Gasteiger partial charge in [-0.1, -0.05) is 307 Å². The van der Waals surface area contributed by atoms with E-state index in [2.05, 4.69) is 69.4 Å². The maximum absolute atomic E-state index is 12.9. The molecule has 76 heavy (non-hydrogen) atoms. The van der Waals surface area contributed by atoms with Gasteiger partial charge in [0.1, 0.15) is 13.2 Å². The third-order valence-electron chi connectivity index (χ3n) is 15.1. The number of allylic oxidation sites excluding steroid dienone is 8. The molecular formula is C70H128O6. The van der Waals surface area contributed by atoms with E-state index in [1.807, 2.05) is 0 Å². The van der Waals surface area contributed by atoms with E-state index in [1.54, 1.807) is 0 Å². The van der Waals surface area contributed by atoms with Gasteiger partial charge in [0.15, 0.2) is 6.10 Å². The smallest absolute Gasteiger partial charge is 0.306 e. The third-order valence-corrected chi connectivity index (χ3v) is 15.1. The van der Waals surface area contributed by atoms with Gasteiger partial charge in [-0.3, -0.25) is 14.4 Å². The van der Waals surface area contributed by atoms with Gasteiger partial charge in [-0.15, -0.1) is 0 Å². The van der Waals surface area contributed by atoms with Crippen molar-refractivity contribution in [2.45, 2.75) is 367 Å². The molecule has 0 saturated carbocycles. The average Bonchev–Trinajstić information content (AvgIpc) is 3.42. The van der Waals surface area contributed by atoms with Gasteiger partial charge >= 0.3 is 17.9 Å². The second-order valence-corrected chi connectivity index (χ2v) is 22.7. The summed E-state index contributed by atoms with van der Waals surface area (Å²) < 4.78 is 16.9. The van der Waals surface area contributed by atoms with Crippen molar-refractivity contribution in [2.24, 2.45) is 0 Å². The minimum atomic E-state index is -0.771. The van der Waals surface area contributed by atoms with Crippen LogP contribution < -0.4 is 0 Å². The molecule has 0 radical (unpaired) electrons. The zero-order valence-corrected chi connectivity index (χ0v) is 51.0. The van der Waals surface area contributed by atoms with Crippen LogP contribution in [0.4, 0.5) is 0 Å². The largest absolute Gasteiger partial charge is 0.462 e. The van der Waals surface area contributed by atoms with Crippen LogP contribution in [0.5, 0.6) is 0 Å². The second kappa shape index (κ2) is 64.9. The quantitative estimate of drug-likeness (QED) is 0.0261. The molecule has 0 heterocycles. The highest BCUT2D eigenvalue weighted by atomic mass is 16.6. The molecule has 0 aromatic carbocycles. The Balaban J connectivity index is 4.11. The van der Waals surface area contributed by atoms with Gasteiger partial charge in [0, 0.05) is 19.3 Å². The van der Waals surface area contributed by atoms with Gasteiger partial charge in [-0.25, -0.2) is 0 Å². The van der Waals surface area contributed by atoms with Crippen LogP contribution in [0.15, 0.2) is 48.6 Å². The third kappa shape index (κ3) is 62.2. The van der Waals surface area contributed by atoms with Crippen molar-refractivity contribution in [3.63, 3.8) is 0 Å². The summed E-state index contributed by atoms with van der Waals surface area (Å²) in [7, 11) is 0. The SMILES string of the molecule is CCCCCCC/C=C\C/C=C\CCCCCCCCCCCCCCCCCC(=O)OCC(COC(=O)CCCCCCCCCC)OC(=O)CCCCCCCCCCCCC/C=C\C/C=C\CCCCCCC. The summed E-state index contributed by atoms with van der Waals surface area (Å²) in [5.41, 5.74) is 0. The van der Waals surface area contributed by atoms with Gasteiger partial charge in [0.05, 0.1) is 0 Å². The van der Waals surface area contributed by atoms with Crippen molar-refractivity contribution < 1.29 is 28.6 Å². The number of hydrogen-bond acceptors (Lipinski definition) is 6. The van der Waals surface area contributed by atoms with Crippen LogP contribution in [0.3, 0.4) is 0 Å². The predicted octanol–water partition coefficient (Wildman–Crippen LogP) is 22.9. The highest BCUT2D eigenvalue weighted by Gasteiger charge is 2.19. The van der Waals surface area contributed by atoms with Crippen molar-refractivity contribution >= 4 is 17.9 Å². The number of ether oxygens (including phenoxy) is 3. The van der Waals surface area contributed by atoms with Crippen molar-refractivity contribution in [3.05, 3.63) is 48.6 Å². The second-order valence-electron chi connectivity index (χ2n) is 22.7. The molecule has 0 saturated heterocycles. The lowest BCUT2D eigenvalue weighted by molar-refractivity contribution is -0.167. The fourth-order valence-electron chi connectivity index (χ4n) is 9.98. The standard InChI is InChI=1S/C70H128O6/c1-4-7-10-13-16-19-21-23-25-27-29-31-33-34-35-36-38-39-41-43-45-47-49-51-54-57-60-63-69(72)75-66-67(65-74-68(71)62-59-56-53-18-15-12-9-6-3)76-70(73)64-61-58-55-52-50-48-46-44-42-40-37-32-30-28-26-24-22-20-17-14-11-8-5-2/h21-24,27-30,67H,4-20,25-26,31-66H2,1-3H3/b23-21-,24-22-,29-27-,30-28-. The minimum absolute atomic E-state index is 0.0699. The molecule has 0 spiro atoms. The highest BCUT2D eigenvalue weighted by Crippen LogP contribution is 2.17. The predicted molar refractivity (Wildman–Crippen MR) is 330 cm³/mol. The summed E-state index contributed by atoms with van der Waals surface area (Å²) in [5.74, 6) is -0.856. The van der Waals surface area contributed by atoms with Crippen LogP contribution in [0, 0.1) is 0 Å². The van der Waals surface area contributed by atoms with E-state index in [9.17, 15) is 14.4 Å². The first-order valence-electron chi connectivity index (χ1n) is 33.6. The molecule has 6 nitrogen and oxygen atoms in total. The maximum atomic E-state index is 12.9. The van der Waals surface area contributed by atoms with Crippen LogP contribution in [0.1, 0.15) is 361 Å². The summed E-state index contributed by atoms with van der Waals surface area (Å²) >= 11 is 0. The molecule has 0 amide bonds. The molecule has 0 aromatic rings. The van der Waals surface area contributed by atoms with Crippen LogP contribution in [0.25, 0.3) is 0 Å². The summed E-state index contributed by atoms with van der Waals surface area (Å²) in [6.07, 6.45) is 81.5. The summed E-state index contributed by atoms with van der Waals surface area (Å²) in [6, 6.07) is 0. The Bertz CT molecular complexity index is 1310. The van der Waals surface area contributed by atoms with E-state index in [-0.39, 0.29) is 31.1 Å². The monoisotopic (exact) mass is 1060 g/mol. The number of carbonyl (C=O) groups excluding carboxylic acids is 3. The lowest BCUT2D eigenvalue weighted by atomic mass is 10.0. The molecule has 1 atom stereocenters. The van der Waals surface area contributed by atoms with Crippen LogP contribution in [-0.4, -0.2) is 37.2 Å². The number of unbranched alkanes of at least 4 members (excludes halogenated alkanes) is 43. The molecule has 444 valence electrons. The number of esters is 3. The topological polar surface area (TPSA) is 78.9 Å². The molecule has 0 bridgehead atoms. The summed E-state index contributed by atoms with van der Waals surface area (Å²) in [4.78, 5) is 38.2. The summed E-state index contributed by atoms with van der Waals surface area (Å²) in [6.45, 7) is 6.64. The number of hydrogen-bond donors (Lipinski definition) is 0. The Morgan fingerprint density at radius 1 is 0.263 bits per heavy atom. The number of rotatable bonds is 62. The molecule has 0 rings (SSSR count). The van der Waals surface area contributed by atoms with E-state index in [4.69, 9.17) is 14.2 Å². The molecule has 1 unspecified atom stereocenters. The van der Waals surface area contributed by atoms with E-state index >= 15 is 0 Å². The molecular weight excluding hydrogens is 937 g/mol. The molecule has 0 aliphatic carbocycles. The zero-order chi connectivity index (χ0) is 55.0. The molecule has 6 heteroatoms. The Hall–Kier alpha value is -2.63. The van der Waals surface area contributed by atoms with Crippen LogP contribution in [-0.2, 0) is 28.6 Å². The van der Waals surface area contributed by atoms with E-state index in [0.717, 1.165) is 70.6 Å². The van der Waals surface area contributed by atoms with Crippen molar-refractivity contribution in [1.29, 1.82) is 0 Å². The Morgan fingerprint density at radius 2 is 0.474 bits per heavy atom. The normalized spacial score (nSPS) is 12.3. The molecule has 0 aliphatic heterocycles. The van der Waals surface area contributed by atoms with Crippen molar-refractivity contribution in [2.75, 3.05) is 13.2 Å². The first kappa shape index (κ1) is 73.4. The zero-order valence-electron chi connectivity index (χ0n) is 51.0. The molecule has 0 aliphatic rings. The fraction of sp³-hybridized carbons (Fsp3) is 0.843. The summed E-state index contributed by atoms with van der Waals surface area (Å²) in [5, 5.41) is 0. The fourth-order valence-corrected chi connectivity index (χ4v) is 9.98. The first-order valence-corrected chi connectivity index (χ1v) is 33.6. The van der Waals surface area contributed by atoms with E-state index in [1.165, 1.54) is 250 Å². The molecule has 0 aromatic heterocycles. The lowest BCUT2D eigenvalue weighted by Crippen LogP contribution is -2.30. The van der Waals surface area contributed by atoms with E-state index < -0.39 is 6.10 Å². The van der Waals surface area contributed by atoms with Gasteiger partial charge < -0.3 is 14.2 Å². The number of carbonyl (C=O) groups is 3. The van der Waals surface area contributed by atoms with Gasteiger partial charge in [0.25, 0.3) is 0 Å². The Kier molecular flexibility index (Phi) is 62.6. The molecule has 0 fully saturated rings. The van der Waals surface area contributed by atoms with Crippen molar-refractivity contribution in [3.8, 4) is 0 Å². The molecule has 0 N–H and O–H groups in total. The Morgan fingerprint density at radius 3 is 0.724 bits per heavy atom. The van der Waals surface area contributed by atoms with Gasteiger partial charge in [0.2, 0.25) is 0 Å². The van der Waals surface area contributed by atoms with Gasteiger partial charge in [-0.2, -0.15) is 0 Å². The lowest BCUT2D eigenvalue weighted by Gasteiger charge is -2.18. The Labute approximate surface area is 473 Å². The van der Waals surface area contributed by atoms with Crippen molar-refractivity contribution in [1.82, 2.24) is 0 Å². The average molecular weight is 1070 g/mol. The van der Waals surface area contributed by atoms with Gasteiger partial charge in [-0.05, 0) is 83.5 Å². The van der Waals surface area contributed by atoms with Crippen LogP contribution >= 0.6 is 0 Å². The first-order chi connectivity index (χ1) is 37.5. The maximum Gasteiger partial charge on any atom is 0.306 e. The highest BCUT2D eigenvalue weighted by molar-refractivity contribution is 5.71. The minimum Gasteiger partial charge on any atom is -0.462 e. The van der Waals surface area contributed by atoms with Crippen LogP contribution in [0.2, 0.25) is 0 Å².